The maximum Gasteiger partial charge on any atom is 0.266 e. The largest absolute Gasteiger partial charge is 0.394 e. The van der Waals surface area contributed by atoms with Gasteiger partial charge in [-0.1, -0.05) is 36.4 Å². The maximum absolute atomic E-state index is 13.6. The van der Waals surface area contributed by atoms with Gasteiger partial charge in [0.25, 0.3) is 11.5 Å². The van der Waals surface area contributed by atoms with Crippen molar-refractivity contribution in [2.45, 2.75) is 18.9 Å². The Balaban J connectivity index is 1.72. The van der Waals surface area contributed by atoms with Crippen LogP contribution >= 0.6 is 11.3 Å². The predicted octanol–water partition coefficient (Wildman–Crippen LogP) is 4.39. The minimum atomic E-state index is -0.173. The highest BCUT2D eigenvalue weighted by molar-refractivity contribution is 7.21. The summed E-state index contributed by atoms with van der Waals surface area (Å²) < 4.78 is 1.65. The fourth-order valence-corrected chi connectivity index (χ4v) is 5.49. The number of benzene rings is 2. The first-order valence-electron chi connectivity index (χ1n) is 10.7. The number of pyridine rings is 1. The third-order valence-corrected chi connectivity index (χ3v) is 7.02. The molecule has 0 radical (unpaired) electrons. The van der Waals surface area contributed by atoms with E-state index < -0.39 is 0 Å². The number of fused-ring (bicyclic) bond motifs is 1. The molecule has 2 aromatic heterocycles. The molecule has 2 aromatic carbocycles. The second-order valence-corrected chi connectivity index (χ2v) is 8.83. The van der Waals surface area contributed by atoms with Crippen molar-refractivity contribution >= 4 is 38.8 Å². The van der Waals surface area contributed by atoms with Gasteiger partial charge in [-0.15, -0.1) is 11.3 Å². The number of aliphatic hydroxyl groups excluding tert-OH is 1. The van der Waals surface area contributed by atoms with Gasteiger partial charge in [-0.25, -0.2) is 0 Å². The first-order valence-corrected chi connectivity index (χ1v) is 11.5. The van der Waals surface area contributed by atoms with Crippen molar-refractivity contribution in [3.05, 3.63) is 88.0 Å². The molecule has 1 aliphatic rings. The van der Waals surface area contributed by atoms with Crippen LogP contribution in [0.3, 0.4) is 0 Å². The van der Waals surface area contributed by atoms with Crippen molar-refractivity contribution in [3.8, 4) is 5.69 Å². The molecule has 0 spiro atoms. The minimum absolute atomic E-state index is 0.0488. The zero-order chi connectivity index (χ0) is 22.1. The van der Waals surface area contributed by atoms with Crippen LogP contribution in [-0.4, -0.2) is 39.7 Å². The number of likely N-dealkylation sites (tertiary alicyclic amines) is 1. The molecule has 162 valence electrons. The Morgan fingerprint density at radius 2 is 1.75 bits per heavy atom. The average molecular weight is 446 g/mol. The molecular weight excluding hydrogens is 422 g/mol. The van der Waals surface area contributed by atoms with Crippen LogP contribution in [0.2, 0.25) is 0 Å². The van der Waals surface area contributed by atoms with E-state index in [1.165, 1.54) is 11.3 Å². The molecule has 7 heteroatoms. The van der Waals surface area contributed by atoms with Crippen molar-refractivity contribution in [3.63, 3.8) is 0 Å². The number of carbonyl (C=O) groups excluding carboxylic acids is 1. The molecule has 6 nitrogen and oxygen atoms in total. The SMILES string of the molecule is O=C(c1sc2c(ccc(=O)n2-c2ccccc2)c1Nc1ccccc1)N1CCC[C@@H]1CO. The van der Waals surface area contributed by atoms with Crippen LogP contribution in [0.4, 0.5) is 11.4 Å². The van der Waals surface area contributed by atoms with Gasteiger partial charge < -0.3 is 15.3 Å². The number of thiophene rings is 1. The lowest BCUT2D eigenvalue weighted by Crippen LogP contribution is -2.37. The van der Waals surface area contributed by atoms with Crippen molar-refractivity contribution < 1.29 is 9.90 Å². The molecule has 2 N–H and O–H groups in total. The Bertz CT molecular complexity index is 1320. The van der Waals surface area contributed by atoms with Gasteiger partial charge >= 0.3 is 0 Å². The van der Waals surface area contributed by atoms with Crippen LogP contribution in [0, 0.1) is 0 Å². The Labute approximate surface area is 189 Å². The highest BCUT2D eigenvalue weighted by atomic mass is 32.1. The zero-order valence-corrected chi connectivity index (χ0v) is 18.2. The zero-order valence-electron chi connectivity index (χ0n) is 17.4. The molecule has 0 saturated carbocycles. The Morgan fingerprint density at radius 3 is 2.47 bits per heavy atom. The minimum Gasteiger partial charge on any atom is -0.394 e. The van der Waals surface area contributed by atoms with Crippen molar-refractivity contribution in [1.82, 2.24) is 9.47 Å². The predicted molar refractivity (Wildman–Crippen MR) is 128 cm³/mol. The quantitative estimate of drug-likeness (QED) is 0.478. The number of aliphatic hydroxyl groups is 1. The number of aromatic nitrogens is 1. The number of nitrogens with one attached hydrogen (secondary N) is 1. The number of hydrogen-bond donors (Lipinski definition) is 2. The maximum atomic E-state index is 13.6. The number of amides is 1. The number of nitrogens with zero attached hydrogens (tertiary/aromatic N) is 2. The van der Waals surface area contributed by atoms with Gasteiger partial charge in [0.15, 0.2) is 0 Å². The van der Waals surface area contributed by atoms with E-state index in [-0.39, 0.29) is 24.1 Å². The van der Waals surface area contributed by atoms with E-state index in [0.717, 1.165) is 29.6 Å². The smallest absolute Gasteiger partial charge is 0.266 e. The van der Waals surface area contributed by atoms with Gasteiger partial charge in [0.2, 0.25) is 0 Å². The summed E-state index contributed by atoms with van der Waals surface area (Å²) in [7, 11) is 0. The fourth-order valence-electron chi connectivity index (χ4n) is 4.27. The highest BCUT2D eigenvalue weighted by Gasteiger charge is 2.32. The molecule has 1 amide bonds. The topological polar surface area (TPSA) is 74.6 Å². The van der Waals surface area contributed by atoms with E-state index in [0.29, 0.717) is 21.9 Å². The monoisotopic (exact) mass is 445 g/mol. The van der Waals surface area contributed by atoms with E-state index in [2.05, 4.69) is 5.32 Å². The molecule has 32 heavy (non-hydrogen) atoms. The molecule has 3 heterocycles. The molecule has 0 bridgehead atoms. The van der Waals surface area contributed by atoms with Crippen molar-refractivity contribution in [2.75, 3.05) is 18.5 Å². The summed E-state index contributed by atoms with van der Waals surface area (Å²) in [5, 5.41) is 14.0. The fraction of sp³-hybridized carbons (Fsp3) is 0.200. The third kappa shape index (κ3) is 3.59. The van der Waals surface area contributed by atoms with Gasteiger partial charge in [0.1, 0.15) is 9.71 Å². The second kappa shape index (κ2) is 8.61. The third-order valence-electron chi connectivity index (χ3n) is 5.84. The highest BCUT2D eigenvalue weighted by Crippen LogP contribution is 2.39. The standard InChI is InChI=1S/C25H23N3O3S/c29-16-19-12-7-15-27(19)24(31)23-22(26-17-8-3-1-4-9-17)20-13-14-21(30)28(25(20)32-23)18-10-5-2-6-11-18/h1-6,8-11,13-14,19,26,29H,7,12,15-16H2/t19-/m1/s1. The molecule has 1 atom stereocenters. The van der Waals surface area contributed by atoms with Crippen LogP contribution in [-0.2, 0) is 0 Å². The Kier molecular flexibility index (Phi) is 5.51. The summed E-state index contributed by atoms with van der Waals surface area (Å²) in [4.78, 5) is 29.5. The van der Waals surface area contributed by atoms with Gasteiger partial charge in [0.05, 0.1) is 24.0 Å². The normalized spacial score (nSPS) is 15.9. The van der Waals surface area contributed by atoms with Crippen LogP contribution in [0.25, 0.3) is 15.9 Å². The number of rotatable bonds is 5. The van der Waals surface area contributed by atoms with Crippen LogP contribution in [0.15, 0.2) is 77.6 Å². The second-order valence-electron chi connectivity index (χ2n) is 7.84. The van der Waals surface area contributed by atoms with E-state index in [9.17, 15) is 14.7 Å². The molecular formula is C25H23N3O3S. The van der Waals surface area contributed by atoms with Crippen LogP contribution in [0.5, 0.6) is 0 Å². The molecule has 1 aliphatic heterocycles. The summed E-state index contributed by atoms with van der Waals surface area (Å²) in [6.07, 6.45) is 1.67. The van der Waals surface area contributed by atoms with Crippen LogP contribution < -0.4 is 10.9 Å². The van der Waals surface area contributed by atoms with E-state index >= 15 is 0 Å². The lowest BCUT2D eigenvalue weighted by Gasteiger charge is -2.23. The van der Waals surface area contributed by atoms with E-state index in [4.69, 9.17) is 0 Å². The summed E-state index contributed by atoms with van der Waals surface area (Å²) in [5.41, 5.74) is 2.15. The van der Waals surface area contributed by atoms with Crippen molar-refractivity contribution in [2.24, 2.45) is 0 Å². The number of carbonyl (C=O) groups is 1. The van der Waals surface area contributed by atoms with Crippen molar-refractivity contribution in [1.29, 1.82) is 0 Å². The molecule has 5 rings (SSSR count). The number of hydrogen-bond acceptors (Lipinski definition) is 5. The van der Waals surface area contributed by atoms with Crippen LogP contribution in [0.1, 0.15) is 22.5 Å². The molecule has 4 aromatic rings. The summed E-state index contributed by atoms with van der Waals surface area (Å²) in [5.74, 6) is -0.117. The lowest BCUT2D eigenvalue weighted by molar-refractivity contribution is 0.0683. The molecule has 0 unspecified atom stereocenters. The van der Waals surface area contributed by atoms with E-state index in [1.54, 1.807) is 21.6 Å². The summed E-state index contributed by atoms with van der Waals surface area (Å²) in [6, 6.07) is 22.3. The van der Waals surface area contributed by atoms with Gasteiger partial charge in [-0.3, -0.25) is 14.2 Å². The number of para-hydroxylation sites is 2. The first kappa shape index (κ1) is 20.5. The molecule has 1 saturated heterocycles. The Hall–Kier alpha value is -3.42. The summed E-state index contributed by atoms with van der Waals surface area (Å²) >= 11 is 1.31. The Morgan fingerprint density at radius 1 is 1.03 bits per heavy atom. The number of anilines is 2. The van der Waals surface area contributed by atoms with Gasteiger partial charge in [-0.05, 0) is 43.2 Å². The average Bonchev–Trinajstić information content (AvgIpc) is 3.45. The molecule has 0 aliphatic carbocycles. The summed E-state index contributed by atoms with van der Waals surface area (Å²) in [6.45, 7) is 0.571. The van der Waals surface area contributed by atoms with Gasteiger partial charge in [0, 0.05) is 23.7 Å². The van der Waals surface area contributed by atoms with E-state index in [1.807, 2.05) is 60.7 Å². The first-order chi connectivity index (χ1) is 15.7. The lowest BCUT2D eigenvalue weighted by atomic mass is 10.2. The molecule has 1 fully saturated rings. The van der Waals surface area contributed by atoms with Gasteiger partial charge in [-0.2, -0.15) is 0 Å².